The summed E-state index contributed by atoms with van der Waals surface area (Å²) in [6, 6.07) is 0. The molecule has 1 aromatic heterocycles. The molecule has 1 aromatic rings. The lowest BCUT2D eigenvalue weighted by molar-refractivity contribution is -0.170. The van der Waals surface area contributed by atoms with Crippen LogP contribution in [-0.2, 0) is 16.1 Å². The van der Waals surface area contributed by atoms with Crippen molar-refractivity contribution in [2.45, 2.75) is 45.4 Å². The topological polar surface area (TPSA) is 77.2 Å². The summed E-state index contributed by atoms with van der Waals surface area (Å²) < 4.78 is 5.62. The van der Waals surface area contributed by atoms with Crippen LogP contribution in [0.4, 0.5) is 0 Å². The average molecular weight is 356 g/mol. The first-order valence-electron chi connectivity index (χ1n) is 6.47. The highest BCUT2D eigenvalue weighted by atomic mass is 35.5. The first-order valence-corrected chi connectivity index (χ1v) is 7.42. The molecule has 1 aliphatic rings. The number of nitrogens with one attached hydrogen (secondary N) is 1. The second-order valence-electron chi connectivity index (χ2n) is 5.50. The molecule has 1 aliphatic carbocycles. The van der Waals surface area contributed by atoms with Crippen molar-refractivity contribution in [1.82, 2.24) is 10.3 Å². The number of rotatable bonds is 5. The SMILES string of the molecule is CCOC1CC(N)(C(=O)NCc2cscn2)C1(C)C.Cl.Cl. The van der Waals surface area contributed by atoms with Gasteiger partial charge in [-0.25, -0.2) is 4.98 Å². The lowest BCUT2D eigenvalue weighted by Gasteiger charge is -2.57. The highest BCUT2D eigenvalue weighted by Gasteiger charge is 2.62. The van der Waals surface area contributed by atoms with Gasteiger partial charge >= 0.3 is 0 Å². The number of nitrogens with two attached hydrogens (primary N) is 1. The van der Waals surface area contributed by atoms with Gasteiger partial charge in [-0.05, 0) is 6.92 Å². The van der Waals surface area contributed by atoms with Crippen molar-refractivity contribution in [3.05, 3.63) is 16.6 Å². The zero-order valence-corrected chi connectivity index (χ0v) is 14.9. The third kappa shape index (κ3) is 3.68. The van der Waals surface area contributed by atoms with Gasteiger partial charge in [0.25, 0.3) is 0 Å². The van der Waals surface area contributed by atoms with Crippen LogP contribution in [0.15, 0.2) is 10.9 Å². The zero-order valence-electron chi connectivity index (χ0n) is 12.4. The molecule has 0 aromatic carbocycles. The number of nitrogens with zero attached hydrogens (tertiary/aromatic N) is 1. The van der Waals surface area contributed by atoms with Crippen molar-refractivity contribution in [3.8, 4) is 0 Å². The van der Waals surface area contributed by atoms with E-state index in [0.717, 1.165) is 5.69 Å². The van der Waals surface area contributed by atoms with Crippen LogP contribution in [-0.4, -0.2) is 29.1 Å². The molecule has 0 radical (unpaired) electrons. The fraction of sp³-hybridized carbons (Fsp3) is 0.692. The summed E-state index contributed by atoms with van der Waals surface area (Å²) in [6.07, 6.45) is 0.615. The summed E-state index contributed by atoms with van der Waals surface area (Å²) in [5, 5.41) is 4.79. The Balaban J connectivity index is 0.00000200. The molecule has 2 unspecified atom stereocenters. The molecule has 5 nitrogen and oxygen atoms in total. The third-order valence-corrected chi connectivity index (χ3v) is 4.78. The van der Waals surface area contributed by atoms with E-state index in [0.29, 0.717) is 19.6 Å². The molecule has 0 spiro atoms. The van der Waals surface area contributed by atoms with Crippen LogP contribution >= 0.6 is 36.2 Å². The summed E-state index contributed by atoms with van der Waals surface area (Å²) in [4.78, 5) is 16.4. The predicted octanol–water partition coefficient (Wildman–Crippen LogP) is 2.14. The van der Waals surface area contributed by atoms with Gasteiger partial charge in [-0.2, -0.15) is 0 Å². The van der Waals surface area contributed by atoms with Crippen molar-refractivity contribution in [1.29, 1.82) is 0 Å². The number of halogens is 2. The average Bonchev–Trinajstić information content (AvgIpc) is 2.88. The molecule has 0 aliphatic heterocycles. The Labute approximate surface area is 141 Å². The van der Waals surface area contributed by atoms with Crippen molar-refractivity contribution in [2.75, 3.05) is 6.61 Å². The number of carbonyl (C=O) groups excluding carboxylic acids is 1. The van der Waals surface area contributed by atoms with Gasteiger partial charge in [-0.15, -0.1) is 36.2 Å². The van der Waals surface area contributed by atoms with Crippen LogP contribution in [0.5, 0.6) is 0 Å². The van der Waals surface area contributed by atoms with Crippen LogP contribution in [0.2, 0.25) is 0 Å². The maximum absolute atomic E-state index is 12.3. The minimum atomic E-state index is -0.858. The Bertz CT molecular complexity index is 456. The molecule has 0 bridgehead atoms. The maximum Gasteiger partial charge on any atom is 0.241 e. The summed E-state index contributed by atoms with van der Waals surface area (Å²) in [5.74, 6) is -0.124. The standard InChI is InChI=1S/C13H21N3O2S.2ClH/c1-4-18-10-5-13(14,12(10,2)3)11(17)15-6-9-7-19-8-16-9;;/h7-8,10H,4-6,14H2,1-3H3,(H,15,17);2*1H. The molecular weight excluding hydrogens is 333 g/mol. The largest absolute Gasteiger partial charge is 0.378 e. The Morgan fingerprint density at radius 3 is 2.71 bits per heavy atom. The van der Waals surface area contributed by atoms with E-state index >= 15 is 0 Å². The van der Waals surface area contributed by atoms with E-state index in [1.54, 1.807) is 5.51 Å². The van der Waals surface area contributed by atoms with Crippen LogP contribution in [0, 0.1) is 5.41 Å². The monoisotopic (exact) mass is 355 g/mol. The second kappa shape index (κ2) is 7.74. The zero-order chi connectivity index (χ0) is 14.1. The fourth-order valence-corrected chi connectivity index (χ4v) is 3.03. The van der Waals surface area contributed by atoms with Crippen molar-refractivity contribution in [3.63, 3.8) is 0 Å². The highest BCUT2D eigenvalue weighted by Crippen LogP contribution is 2.49. The van der Waals surface area contributed by atoms with Gasteiger partial charge in [0.2, 0.25) is 5.91 Å². The van der Waals surface area contributed by atoms with Gasteiger partial charge in [0.05, 0.1) is 23.9 Å². The Morgan fingerprint density at radius 1 is 1.57 bits per heavy atom. The van der Waals surface area contributed by atoms with E-state index in [2.05, 4.69) is 10.3 Å². The lowest BCUT2D eigenvalue weighted by Crippen LogP contribution is -2.75. The van der Waals surface area contributed by atoms with Gasteiger partial charge in [0.1, 0.15) is 5.54 Å². The molecule has 8 heteroatoms. The second-order valence-corrected chi connectivity index (χ2v) is 6.22. The molecule has 21 heavy (non-hydrogen) atoms. The normalized spacial score (nSPS) is 26.0. The van der Waals surface area contributed by atoms with Gasteiger partial charge in [-0.3, -0.25) is 4.79 Å². The number of hydrogen-bond donors (Lipinski definition) is 2. The van der Waals surface area contributed by atoms with Crippen LogP contribution in [0.3, 0.4) is 0 Å². The van der Waals surface area contributed by atoms with Crippen LogP contribution in [0.1, 0.15) is 32.9 Å². The van der Waals surface area contributed by atoms with Crippen molar-refractivity contribution < 1.29 is 9.53 Å². The van der Waals surface area contributed by atoms with E-state index < -0.39 is 5.54 Å². The van der Waals surface area contributed by atoms with Crippen LogP contribution < -0.4 is 11.1 Å². The Hall–Kier alpha value is -0.400. The van der Waals surface area contributed by atoms with Crippen molar-refractivity contribution in [2.24, 2.45) is 11.1 Å². The number of thiazole rings is 1. The smallest absolute Gasteiger partial charge is 0.241 e. The van der Waals surface area contributed by atoms with Crippen molar-refractivity contribution >= 4 is 42.1 Å². The first-order chi connectivity index (χ1) is 8.91. The van der Waals surface area contributed by atoms with E-state index in [9.17, 15) is 4.79 Å². The number of hydrogen-bond acceptors (Lipinski definition) is 5. The molecule has 1 saturated carbocycles. The van der Waals surface area contributed by atoms with Gasteiger partial charge < -0.3 is 15.8 Å². The summed E-state index contributed by atoms with van der Waals surface area (Å²) in [6.45, 7) is 6.99. The summed E-state index contributed by atoms with van der Waals surface area (Å²) in [5.41, 5.74) is 7.67. The van der Waals surface area contributed by atoms with E-state index in [1.165, 1.54) is 11.3 Å². The Kier molecular flexibility index (Phi) is 7.59. The number of carbonyl (C=O) groups is 1. The molecule has 2 rings (SSSR count). The number of aromatic nitrogens is 1. The minimum Gasteiger partial charge on any atom is -0.378 e. The summed E-state index contributed by atoms with van der Waals surface area (Å²) in [7, 11) is 0. The minimum absolute atomic E-state index is 0. The molecule has 122 valence electrons. The highest BCUT2D eigenvalue weighted by molar-refractivity contribution is 7.07. The fourth-order valence-electron chi connectivity index (χ4n) is 2.47. The summed E-state index contributed by atoms with van der Waals surface area (Å²) >= 11 is 1.51. The molecule has 1 fully saturated rings. The quantitative estimate of drug-likeness (QED) is 0.847. The predicted molar refractivity (Wildman–Crippen MR) is 89.2 cm³/mol. The lowest BCUT2D eigenvalue weighted by atomic mass is 9.54. The van der Waals surface area contributed by atoms with E-state index in [1.807, 2.05) is 26.2 Å². The van der Waals surface area contributed by atoms with Gasteiger partial charge in [0, 0.05) is 23.8 Å². The molecular formula is C13H23Cl2N3O2S. The molecule has 2 atom stereocenters. The number of ether oxygens (including phenoxy) is 1. The first kappa shape index (κ1) is 20.6. The van der Waals surface area contributed by atoms with Gasteiger partial charge in [-0.1, -0.05) is 13.8 Å². The number of amides is 1. The molecule has 3 N–H and O–H groups in total. The molecule has 1 amide bonds. The van der Waals surface area contributed by atoms with E-state index in [-0.39, 0.29) is 42.2 Å². The maximum atomic E-state index is 12.3. The molecule has 0 saturated heterocycles. The van der Waals surface area contributed by atoms with Crippen LogP contribution in [0.25, 0.3) is 0 Å². The van der Waals surface area contributed by atoms with E-state index in [4.69, 9.17) is 10.5 Å². The third-order valence-electron chi connectivity index (χ3n) is 4.15. The van der Waals surface area contributed by atoms with Gasteiger partial charge in [0.15, 0.2) is 0 Å². The Morgan fingerprint density at radius 2 is 2.24 bits per heavy atom. The molecule has 1 heterocycles.